The molecule has 126 valence electrons. The lowest BCUT2D eigenvalue weighted by Gasteiger charge is -2.13. The number of fused-ring (bicyclic) bond motifs is 1. The molecule has 0 radical (unpaired) electrons. The molecule has 0 saturated carbocycles. The van der Waals surface area contributed by atoms with Crippen molar-refractivity contribution in [2.45, 2.75) is 0 Å². The normalized spacial score (nSPS) is 10.5. The van der Waals surface area contributed by atoms with E-state index in [4.69, 9.17) is 12.2 Å². The first-order chi connectivity index (χ1) is 12.0. The quantitative estimate of drug-likeness (QED) is 0.572. The van der Waals surface area contributed by atoms with Gasteiger partial charge in [0.15, 0.2) is 10.9 Å². The average Bonchev–Trinajstić information content (AvgIpc) is 2.57. The number of thiocarbonyl (C=S) groups is 1. The van der Waals surface area contributed by atoms with Crippen LogP contribution in [0.4, 0.5) is 14.5 Å². The van der Waals surface area contributed by atoms with Gasteiger partial charge in [-0.05, 0) is 51.1 Å². The van der Waals surface area contributed by atoms with Gasteiger partial charge in [-0.2, -0.15) is 0 Å². The van der Waals surface area contributed by atoms with E-state index in [0.717, 1.165) is 22.9 Å². The van der Waals surface area contributed by atoms with Gasteiger partial charge in [0.25, 0.3) is 5.91 Å². The second kappa shape index (κ2) is 7.25. The average molecular weight is 421 g/mol. The Bertz CT molecular complexity index is 965. The highest BCUT2D eigenvalue weighted by molar-refractivity contribution is 9.10. The first kappa shape index (κ1) is 17.4. The van der Waals surface area contributed by atoms with Gasteiger partial charge in [0.1, 0.15) is 5.82 Å². The molecule has 0 aromatic heterocycles. The van der Waals surface area contributed by atoms with Gasteiger partial charge in [-0.3, -0.25) is 10.1 Å². The van der Waals surface area contributed by atoms with Crippen LogP contribution < -0.4 is 10.6 Å². The van der Waals surface area contributed by atoms with Gasteiger partial charge < -0.3 is 5.32 Å². The van der Waals surface area contributed by atoms with E-state index in [9.17, 15) is 13.6 Å². The van der Waals surface area contributed by atoms with Gasteiger partial charge in [-0.15, -0.1) is 0 Å². The van der Waals surface area contributed by atoms with Crippen molar-refractivity contribution >= 4 is 55.6 Å². The fourth-order valence-corrected chi connectivity index (χ4v) is 3.10. The zero-order chi connectivity index (χ0) is 18.0. The van der Waals surface area contributed by atoms with Crippen LogP contribution in [0.3, 0.4) is 0 Å². The van der Waals surface area contributed by atoms with Crippen LogP contribution >= 0.6 is 28.1 Å². The standard InChI is InChI=1S/C18H11BrF2N2OS/c19-14-8-11(20)9-15(21)16(14)22-18(25)23-17(24)13-7-3-5-10-4-1-2-6-12(10)13/h1-9H,(H2,22,23,24,25). The maximum atomic E-state index is 13.8. The molecule has 3 aromatic carbocycles. The molecule has 25 heavy (non-hydrogen) atoms. The molecule has 3 nitrogen and oxygen atoms in total. The van der Waals surface area contributed by atoms with E-state index in [1.54, 1.807) is 12.1 Å². The second-order valence-electron chi connectivity index (χ2n) is 5.18. The predicted octanol–water partition coefficient (Wildman–Crippen LogP) is 5.01. The summed E-state index contributed by atoms with van der Waals surface area (Å²) < 4.78 is 27.1. The first-order valence-electron chi connectivity index (χ1n) is 7.20. The number of hydrogen-bond acceptors (Lipinski definition) is 2. The maximum absolute atomic E-state index is 13.8. The Kier molecular flexibility index (Phi) is 5.06. The Morgan fingerprint density at radius 3 is 2.52 bits per heavy atom. The molecule has 3 aromatic rings. The van der Waals surface area contributed by atoms with Crippen LogP contribution in [0.25, 0.3) is 10.8 Å². The number of benzene rings is 3. The molecule has 2 N–H and O–H groups in total. The van der Waals surface area contributed by atoms with Crippen molar-refractivity contribution in [3.63, 3.8) is 0 Å². The van der Waals surface area contributed by atoms with Crippen LogP contribution in [-0.2, 0) is 0 Å². The Morgan fingerprint density at radius 1 is 1.04 bits per heavy atom. The van der Waals surface area contributed by atoms with E-state index in [1.807, 2.05) is 30.3 Å². The van der Waals surface area contributed by atoms with E-state index in [1.165, 1.54) is 0 Å². The third-order valence-electron chi connectivity index (χ3n) is 3.51. The summed E-state index contributed by atoms with van der Waals surface area (Å²) in [6.45, 7) is 0. The van der Waals surface area contributed by atoms with Gasteiger partial charge >= 0.3 is 0 Å². The van der Waals surface area contributed by atoms with E-state index in [-0.39, 0.29) is 15.3 Å². The Morgan fingerprint density at radius 2 is 1.76 bits per heavy atom. The Labute approximate surface area is 156 Å². The SMILES string of the molecule is O=C(NC(=S)Nc1c(F)cc(F)cc1Br)c1cccc2ccccc12. The number of nitrogens with one attached hydrogen (secondary N) is 2. The molecule has 0 unspecified atom stereocenters. The van der Waals surface area contributed by atoms with Crippen LogP contribution in [0.15, 0.2) is 59.1 Å². The fourth-order valence-electron chi connectivity index (χ4n) is 2.40. The molecular weight excluding hydrogens is 410 g/mol. The van der Waals surface area contributed by atoms with Crippen LogP contribution in [0.5, 0.6) is 0 Å². The van der Waals surface area contributed by atoms with Crippen molar-refractivity contribution in [2.24, 2.45) is 0 Å². The minimum atomic E-state index is -0.825. The Balaban J connectivity index is 1.80. The fraction of sp³-hybridized carbons (Fsp3) is 0. The minimum absolute atomic E-state index is 0.0513. The number of amides is 1. The number of rotatable bonds is 2. The van der Waals surface area contributed by atoms with Gasteiger partial charge in [0.05, 0.1) is 5.69 Å². The second-order valence-corrected chi connectivity index (χ2v) is 6.44. The smallest absolute Gasteiger partial charge is 0.258 e. The molecule has 0 bridgehead atoms. The molecule has 7 heteroatoms. The molecule has 0 spiro atoms. The molecule has 0 atom stereocenters. The van der Waals surface area contributed by atoms with Crippen molar-refractivity contribution in [3.8, 4) is 0 Å². The minimum Gasteiger partial charge on any atom is -0.329 e. The van der Waals surface area contributed by atoms with E-state index >= 15 is 0 Å². The summed E-state index contributed by atoms with van der Waals surface area (Å²) in [5.74, 6) is -1.97. The number of carbonyl (C=O) groups is 1. The largest absolute Gasteiger partial charge is 0.329 e. The van der Waals surface area contributed by atoms with Crippen molar-refractivity contribution in [3.05, 3.63) is 76.3 Å². The zero-order valence-electron chi connectivity index (χ0n) is 12.6. The van der Waals surface area contributed by atoms with Crippen LogP contribution in [-0.4, -0.2) is 11.0 Å². The summed E-state index contributed by atoms with van der Waals surface area (Å²) in [5, 5.41) is 6.67. The maximum Gasteiger partial charge on any atom is 0.258 e. The third kappa shape index (κ3) is 3.83. The lowest BCUT2D eigenvalue weighted by molar-refractivity contribution is 0.0979. The van der Waals surface area contributed by atoms with Crippen LogP contribution in [0.2, 0.25) is 0 Å². The summed E-state index contributed by atoms with van der Waals surface area (Å²) in [6.07, 6.45) is 0. The number of hydrogen-bond donors (Lipinski definition) is 2. The van der Waals surface area contributed by atoms with Crippen LogP contribution in [0, 0.1) is 11.6 Å². The van der Waals surface area contributed by atoms with Gasteiger partial charge in [0, 0.05) is 16.1 Å². The third-order valence-corrected chi connectivity index (χ3v) is 4.34. The van der Waals surface area contributed by atoms with Crippen molar-refractivity contribution < 1.29 is 13.6 Å². The summed E-state index contributed by atoms with van der Waals surface area (Å²) >= 11 is 8.12. The highest BCUT2D eigenvalue weighted by Crippen LogP contribution is 2.26. The van der Waals surface area contributed by atoms with Crippen molar-refractivity contribution in [2.75, 3.05) is 5.32 Å². The molecule has 0 fully saturated rings. The van der Waals surface area contributed by atoms with Crippen molar-refractivity contribution in [1.29, 1.82) is 0 Å². The molecule has 3 rings (SSSR count). The van der Waals surface area contributed by atoms with E-state index < -0.39 is 17.5 Å². The van der Waals surface area contributed by atoms with Gasteiger partial charge in [-0.25, -0.2) is 8.78 Å². The van der Waals surface area contributed by atoms with E-state index in [2.05, 4.69) is 26.6 Å². The number of anilines is 1. The molecule has 1 amide bonds. The Hall–Kier alpha value is -2.38. The van der Waals surface area contributed by atoms with Gasteiger partial charge in [0.2, 0.25) is 0 Å². The van der Waals surface area contributed by atoms with Gasteiger partial charge in [-0.1, -0.05) is 36.4 Å². The molecule has 0 heterocycles. The van der Waals surface area contributed by atoms with Crippen molar-refractivity contribution in [1.82, 2.24) is 5.32 Å². The zero-order valence-corrected chi connectivity index (χ0v) is 15.0. The molecule has 0 aliphatic carbocycles. The number of carbonyl (C=O) groups excluding carboxylic acids is 1. The summed E-state index contributed by atoms with van der Waals surface area (Å²) in [5.41, 5.74) is 0.394. The highest BCUT2D eigenvalue weighted by atomic mass is 79.9. The summed E-state index contributed by atoms with van der Waals surface area (Å²) in [6, 6.07) is 14.6. The lowest BCUT2D eigenvalue weighted by Crippen LogP contribution is -2.34. The molecule has 0 saturated heterocycles. The topological polar surface area (TPSA) is 41.1 Å². The lowest BCUT2D eigenvalue weighted by atomic mass is 10.0. The summed E-state index contributed by atoms with van der Waals surface area (Å²) in [4.78, 5) is 12.5. The predicted molar refractivity (Wildman–Crippen MR) is 102 cm³/mol. The molecular formula is C18H11BrF2N2OS. The highest BCUT2D eigenvalue weighted by Gasteiger charge is 2.14. The van der Waals surface area contributed by atoms with E-state index in [0.29, 0.717) is 5.56 Å². The summed E-state index contributed by atoms with van der Waals surface area (Å²) in [7, 11) is 0. The molecule has 0 aliphatic rings. The monoisotopic (exact) mass is 420 g/mol. The van der Waals surface area contributed by atoms with Crippen LogP contribution in [0.1, 0.15) is 10.4 Å². The first-order valence-corrected chi connectivity index (χ1v) is 8.40. The molecule has 0 aliphatic heterocycles. The number of halogens is 3.